The van der Waals surface area contributed by atoms with Crippen LogP contribution >= 0.6 is 15.9 Å². The molecule has 1 heterocycles. The van der Waals surface area contributed by atoms with E-state index >= 15 is 0 Å². The molecule has 0 bridgehead atoms. The molecule has 0 aromatic heterocycles. The van der Waals surface area contributed by atoms with Crippen molar-refractivity contribution in [3.63, 3.8) is 0 Å². The highest BCUT2D eigenvalue weighted by molar-refractivity contribution is 9.11. The van der Waals surface area contributed by atoms with Crippen LogP contribution in [-0.4, -0.2) is 37.2 Å². The molecule has 0 saturated carbocycles. The summed E-state index contributed by atoms with van der Waals surface area (Å²) in [6.07, 6.45) is 2.11. The first-order valence-electron chi connectivity index (χ1n) is 4.39. The Bertz CT molecular complexity index is 164. The fourth-order valence-electron chi connectivity index (χ4n) is 1.38. The van der Waals surface area contributed by atoms with Crippen molar-refractivity contribution in [2.45, 2.75) is 19.9 Å². The van der Waals surface area contributed by atoms with Gasteiger partial charge in [-0.15, -0.1) is 0 Å². The van der Waals surface area contributed by atoms with Gasteiger partial charge in [0.05, 0.1) is 13.2 Å². The largest absolute Gasteiger partial charge is 0.379 e. The van der Waals surface area contributed by atoms with Crippen LogP contribution in [0.5, 0.6) is 0 Å². The first kappa shape index (κ1) is 10.2. The molecule has 1 rings (SSSR count). The summed E-state index contributed by atoms with van der Waals surface area (Å²) in [4.78, 5) is 2.42. The van der Waals surface area contributed by atoms with Crippen molar-refractivity contribution in [3.05, 3.63) is 10.6 Å². The molecular weight excluding hydrogens is 218 g/mol. The fraction of sp³-hybridized carbons (Fsp3) is 0.778. The average molecular weight is 234 g/mol. The molecule has 0 aliphatic carbocycles. The molecule has 0 aromatic rings. The lowest BCUT2D eigenvalue weighted by atomic mass is 10.2. The molecule has 1 aliphatic rings. The number of halogens is 1. The van der Waals surface area contributed by atoms with Crippen molar-refractivity contribution in [1.82, 2.24) is 4.90 Å². The summed E-state index contributed by atoms with van der Waals surface area (Å²) >= 11 is 3.56. The fourth-order valence-corrected chi connectivity index (χ4v) is 1.67. The number of hydrogen-bond donors (Lipinski definition) is 0. The van der Waals surface area contributed by atoms with Gasteiger partial charge >= 0.3 is 0 Å². The van der Waals surface area contributed by atoms with Gasteiger partial charge in [-0.3, -0.25) is 4.90 Å². The quantitative estimate of drug-likeness (QED) is 0.724. The van der Waals surface area contributed by atoms with Crippen molar-refractivity contribution in [3.8, 4) is 0 Å². The SMILES string of the molecule is C/C=C(\Br)C(C)N1CCOCC1. The minimum absolute atomic E-state index is 0.499. The van der Waals surface area contributed by atoms with Gasteiger partial charge in [0.1, 0.15) is 0 Å². The molecule has 1 fully saturated rings. The first-order valence-corrected chi connectivity index (χ1v) is 5.18. The number of rotatable bonds is 2. The molecule has 0 radical (unpaired) electrons. The third-order valence-electron chi connectivity index (χ3n) is 2.27. The van der Waals surface area contributed by atoms with Crippen molar-refractivity contribution in [1.29, 1.82) is 0 Å². The van der Waals surface area contributed by atoms with E-state index < -0.39 is 0 Å². The van der Waals surface area contributed by atoms with Crippen LogP contribution in [0.15, 0.2) is 10.6 Å². The molecule has 1 atom stereocenters. The van der Waals surface area contributed by atoms with E-state index in [2.05, 4.69) is 40.8 Å². The second-order valence-electron chi connectivity index (χ2n) is 3.00. The van der Waals surface area contributed by atoms with Gasteiger partial charge in [0.2, 0.25) is 0 Å². The highest BCUT2D eigenvalue weighted by Gasteiger charge is 2.17. The molecule has 0 spiro atoms. The highest BCUT2D eigenvalue weighted by atomic mass is 79.9. The summed E-state index contributed by atoms with van der Waals surface area (Å²) in [6, 6.07) is 0.499. The van der Waals surface area contributed by atoms with Gasteiger partial charge in [0.15, 0.2) is 0 Å². The standard InChI is InChI=1S/C9H16BrNO/c1-3-9(10)8(2)11-4-6-12-7-5-11/h3,8H,4-7H2,1-2H3/b9-3-. The number of morpholine rings is 1. The molecule has 0 aromatic carbocycles. The third-order valence-corrected chi connectivity index (χ3v) is 3.39. The zero-order valence-corrected chi connectivity index (χ0v) is 9.30. The van der Waals surface area contributed by atoms with Gasteiger partial charge in [-0.2, -0.15) is 0 Å². The van der Waals surface area contributed by atoms with Gasteiger partial charge in [0, 0.05) is 23.6 Å². The lowest BCUT2D eigenvalue weighted by molar-refractivity contribution is 0.0282. The van der Waals surface area contributed by atoms with Crippen molar-refractivity contribution in [2.24, 2.45) is 0 Å². The van der Waals surface area contributed by atoms with Crippen molar-refractivity contribution >= 4 is 15.9 Å². The normalized spacial score (nSPS) is 24.1. The van der Waals surface area contributed by atoms with Crippen molar-refractivity contribution < 1.29 is 4.74 Å². The zero-order valence-electron chi connectivity index (χ0n) is 7.72. The Balaban J connectivity index is 2.44. The van der Waals surface area contributed by atoms with Crippen LogP contribution in [0.1, 0.15) is 13.8 Å². The Morgan fingerprint density at radius 2 is 2.08 bits per heavy atom. The average Bonchev–Trinajstić information content (AvgIpc) is 2.17. The summed E-state index contributed by atoms with van der Waals surface area (Å²) in [7, 11) is 0. The molecule has 0 amide bonds. The number of nitrogens with zero attached hydrogens (tertiary/aromatic N) is 1. The van der Waals surface area contributed by atoms with Crippen LogP contribution in [0.4, 0.5) is 0 Å². The Kier molecular flexibility index (Phi) is 4.26. The van der Waals surface area contributed by atoms with Crippen LogP contribution in [0.3, 0.4) is 0 Å². The predicted octanol–water partition coefficient (Wildman–Crippen LogP) is 2.01. The van der Waals surface area contributed by atoms with Gasteiger partial charge < -0.3 is 4.74 Å². The maximum absolute atomic E-state index is 5.29. The minimum atomic E-state index is 0.499. The number of ether oxygens (including phenoxy) is 1. The van der Waals surface area contributed by atoms with E-state index in [9.17, 15) is 0 Å². The molecule has 1 saturated heterocycles. The second kappa shape index (κ2) is 5.00. The summed E-state index contributed by atoms with van der Waals surface area (Å²) in [5.41, 5.74) is 0. The van der Waals surface area contributed by atoms with Gasteiger partial charge in [-0.05, 0) is 13.8 Å². The molecule has 12 heavy (non-hydrogen) atoms. The van der Waals surface area contributed by atoms with E-state index in [-0.39, 0.29) is 0 Å². The lowest BCUT2D eigenvalue weighted by Crippen LogP contribution is -2.42. The van der Waals surface area contributed by atoms with Crippen LogP contribution in [0, 0.1) is 0 Å². The Morgan fingerprint density at radius 1 is 1.50 bits per heavy atom. The van der Waals surface area contributed by atoms with E-state index in [4.69, 9.17) is 4.74 Å². The van der Waals surface area contributed by atoms with Gasteiger partial charge in [0.25, 0.3) is 0 Å². The smallest absolute Gasteiger partial charge is 0.0594 e. The second-order valence-corrected chi connectivity index (χ2v) is 3.91. The molecular formula is C9H16BrNO. The van der Waals surface area contributed by atoms with Crippen LogP contribution < -0.4 is 0 Å². The Labute approximate surface area is 82.7 Å². The van der Waals surface area contributed by atoms with Crippen molar-refractivity contribution in [2.75, 3.05) is 26.3 Å². The first-order chi connectivity index (χ1) is 5.75. The zero-order chi connectivity index (χ0) is 8.97. The van der Waals surface area contributed by atoms with E-state index in [1.54, 1.807) is 0 Å². The molecule has 1 aliphatic heterocycles. The van der Waals surface area contributed by atoms with Gasteiger partial charge in [-0.25, -0.2) is 0 Å². The van der Waals surface area contributed by atoms with Crippen LogP contribution in [-0.2, 0) is 4.74 Å². The highest BCUT2D eigenvalue weighted by Crippen LogP contribution is 2.17. The summed E-state index contributed by atoms with van der Waals surface area (Å²) in [5, 5.41) is 0. The topological polar surface area (TPSA) is 12.5 Å². The number of allylic oxidation sites excluding steroid dienone is 1. The third kappa shape index (κ3) is 2.57. The Morgan fingerprint density at radius 3 is 2.58 bits per heavy atom. The summed E-state index contributed by atoms with van der Waals surface area (Å²) in [5.74, 6) is 0. The maximum Gasteiger partial charge on any atom is 0.0594 e. The molecule has 0 N–H and O–H groups in total. The Hall–Kier alpha value is 0.140. The van der Waals surface area contributed by atoms with E-state index in [0.29, 0.717) is 6.04 Å². The van der Waals surface area contributed by atoms with Crippen LogP contribution in [0.25, 0.3) is 0 Å². The van der Waals surface area contributed by atoms with E-state index in [1.807, 2.05) is 0 Å². The maximum atomic E-state index is 5.29. The monoisotopic (exact) mass is 233 g/mol. The van der Waals surface area contributed by atoms with E-state index in [1.165, 1.54) is 4.48 Å². The van der Waals surface area contributed by atoms with Crippen LogP contribution in [0.2, 0.25) is 0 Å². The van der Waals surface area contributed by atoms with E-state index in [0.717, 1.165) is 26.3 Å². The number of hydrogen-bond acceptors (Lipinski definition) is 2. The molecule has 1 unspecified atom stereocenters. The lowest BCUT2D eigenvalue weighted by Gasteiger charge is -2.32. The summed E-state index contributed by atoms with van der Waals surface area (Å²) < 4.78 is 6.55. The molecule has 2 nitrogen and oxygen atoms in total. The predicted molar refractivity (Wildman–Crippen MR) is 54.5 cm³/mol. The molecule has 3 heteroatoms. The van der Waals surface area contributed by atoms with Gasteiger partial charge in [-0.1, -0.05) is 22.0 Å². The minimum Gasteiger partial charge on any atom is -0.379 e. The summed E-state index contributed by atoms with van der Waals surface area (Å²) in [6.45, 7) is 8.10. The molecule has 70 valence electrons.